The van der Waals surface area contributed by atoms with Gasteiger partial charge in [-0.05, 0) is 51.2 Å². The van der Waals surface area contributed by atoms with Gasteiger partial charge in [-0.3, -0.25) is 4.79 Å². The van der Waals surface area contributed by atoms with Crippen LogP contribution in [0.1, 0.15) is 125 Å². The van der Waals surface area contributed by atoms with Crippen LogP contribution in [-0.2, 0) is 22.5 Å². The summed E-state index contributed by atoms with van der Waals surface area (Å²) in [4.78, 5) is 13.7. The Morgan fingerprint density at radius 1 is 0.743 bits per heavy atom. The predicted octanol–water partition coefficient (Wildman–Crippen LogP) is 8.65. The van der Waals surface area contributed by atoms with Crippen LogP contribution in [0, 0.1) is 5.92 Å². The summed E-state index contributed by atoms with van der Waals surface area (Å²) in [5.74, 6) is -0.294. The molecule has 1 aliphatic rings. The fourth-order valence-corrected chi connectivity index (χ4v) is 13.8. The van der Waals surface area contributed by atoms with Gasteiger partial charge in [0.05, 0.1) is 5.92 Å². The molecule has 0 aromatic carbocycles. The fraction of sp³-hybridized carbons (Fsp3) is 0.964. The Morgan fingerprint density at radius 3 is 1.66 bits per heavy atom. The Hall–Kier alpha value is -0.216. The molecule has 1 atom stereocenters. The van der Waals surface area contributed by atoms with Gasteiger partial charge in [0.25, 0.3) is 14.3 Å². The molecule has 0 saturated heterocycles. The summed E-state index contributed by atoms with van der Waals surface area (Å²) in [7, 11) is -5.10. The Labute approximate surface area is 219 Å². The number of hydrogen-bond acceptors (Lipinski definition) is 5. The molecule has 1 rings (SSSR count). The van der Waals surface area contributed by atoms with Crippen molar-refractivity contribution >= 4 is 23.1 Å². The number of rotatable bonds is 21. The van der Waals surface area contributed by atoms with Gasteiger partial charge in [0.2, 0.25) is 0 Å². The predicted molar refractivity (Wildman–Crippen MR) is 151 cm³/mol. The van der Waals surface area contributed by atoms with Gasteiger partial charge in [-0.25, -0.2) is 0 Å². The lowest BCUT2D eigenvalue weighted by molar-refractivity contribution is -0.139. The maximum Gasteiger partial charge on any atom is 0.501 e. The summed E-state index contributed by atoms with van der Waals surface area (Å²) >= 11 is 0. The van der Waals surface area contributed by atoms with Crippen molar-refractivity contribution in [3.8, 4) is 0 Å². The second kappa shape index (κ2) is 18.9. The van der Waals surface area contributed by atoms with Gasteiger partial charge in [0.15, 0.2) is 0 Å². The summed E-state index contributed by atoms with van der Waals surface area (Å²) in [6.07, 6.45) is 16.4. The summed E-state index contributed by atoms with van der Waals surface area (Å²) in [6, 6.07) is 2.79. The fourth-order valence-electron chi connectivity index (χ4n) is 5.77. The van der Waals surface area contributed by atoms with E-state index in [9.17, 15) is 4.79 Å². The zero-order valence-corrected chi connectivity index (χ0v) is 26.1. The molecule has 0 aliphatic heterocycles. The van der Waals surface area contributed by atoms with Crippen molar-refractivity contribution in [3.05, 3.63) is 0 Å². The lowest BCUT2D eigenvalue weighted by Gasteiger charge is -2.41. The standard InChI is InChI=1S/C28H58O5Si2/c1-7-12-14-19-23-34(24-20-15-13-8-2,27-21-17-16-18-22-27)33-28(29)26(6)25-35(30-9-3,31-10-4)32-11-5/h26-27H,7-25H2,1-6H3. The number of hydrogen-bond donors (Lipinski definition) is 0. The molecule has 0 spiro atoms. The highest BCUT2D eigenvalue weighted by Crippen LogP contribution is 2.44. The SMILES string of the molecule is CCCCCC[Si](CCCCCC)(OC(=O)C(C)C[Si](OCC)(OCC)OCC)C1CCCCC1. The molecule has 0 amide bonds. The topological polar surface area (TPSA) is 54.0 Å². The molecular weight excluding hydrogens is 472 g/mol. The zero-order chi connectivity index (χ0) is 26.0. The van der Waals surface area contributed by atoms with Crippen LogP contribution in [0.15, 0.2) is 0 Å². The van der Waals surface area contributed by atoms with E-state index in [2.05, 4.69) is 13.8 Å². The van der Waals surface area contributed by atoms with E-state index in [1.54, 1.807) is 0 Å². The monoisotopic (exact) mass is 530 g/mol. The summed E-state index contributed by atoms with van der Waals surface area (Å²) in [5.41, 5.74) is 0.628. The Morgan fingerprint density at radius 2 is 1.23 bits per heavy atom. The van der Waals surface area contributed by atoms with Gasteiger partial charge in [-0.2, -0.15) is 0 Å². The second-order valence-electron chi connectivity index (χ2n) is 10.5. The van der Waals surface area contributed by atoms with Crippen molar-refractivity contribution in [2.45, 2.75) is 149 Å². The largest absolute Gasteiger partial charge is 0.519 e. The number of carbonyl (C=O) groups is 1. The highest BCUT2D eigenvalue weighted by Gasteiger charge is 2.48. The second-order valence-corrected chi connectivity index (χ2v) is 17.3. The lowest BCUT2D eigenvalue weighted by Crippen LogP contribution is -2.50. The molecule has 0 aromatic heterocycles. The van der Waals surface area contributed by atoms with Crippen molar-refractivity contribution in [2.75, 3.05) is 19.8 Å². The minimum absolute atomic E-state index is 0.0239. The van der Waals surface area contributed by atoms with Gasteiger partial charge < -0.3 is 17.7 Å². The van der Waals surface area contributed by atoms with Crippen LogP contribution in [0.4, 0.5) is 0 Å². The number of carbonyl (C=O) groups excluding carboxylic acids is 1. The summed E-state index contributed by atoms with van der Waals surface area (Å²) < 4.78 is 25.0. The molecule has 208 valence electrons. The maximum absolute atomic E-state index is 13.7. The molecule has 1 aliphatic carbocycles. The molecule has 1 saturated carbocycles. The molecule has 0 N–H and O–H groups in total. The quantitative estimate of drug-likeness (QED) is 0.110. The van der Waals surface area contributed by atoms with Gasteiger partial charge in [-0.1, -0.05) is 91.4 Å². The van der Waals surface area contributed by atoms with E-state index >= 15 is 0 Å². The van der Waals surface area contributed by atoms with Crippen LogP contribution in [0.25, 0.3) is 0 Å². The molecule has 0 heterocycles. The zero-order valence-electron chi connectivity index (χ0n) is 24.1. The molecule has 1 unspecified atom stereocenters. The third kappa shape index (κ3) is 11.8. The molecule has 0 bridgehead atoms. The summed E-state index contributed by atoms with van der Waals surface area (Å²) in [5, 5.41) is 0. The van der Waals surface area contributed by atoms with Crippen molar-refractivity contribution in [2.24, 2.45) is 5.92 Å². The molecule has 5 nitrogen and oxygen atoms in total. The van der Waals surface area contributed by atoms with E-state index in [4.69, 9.17) is 17.7 Å². The third-order valence-electron chi connectivity index (χ3n) is 7.61. The third-order valence-corrected chi connectivity index (χ3v) is 16.0. The van der Waals surface area contributed by atoms with E-state index in [0.29, 0.717) is 31.4 Å². The van der Waals surface area contributed by atoms with E-state index in [1.165, 1.54) is 83.5 Å². The van der Waals surface area contributed by atoms with E-state index in [-0.39, 0.29) is 11.9 Å². The number of unbranched alkanes of at least 4 members (excludes halogenated alkanes) is 6. The van der Waals surface area contributed by atoms with Gasteiger partial charge in [-0.15, -0.1) is 0 Å². The van der Waals surface area contributed by atoms with E-state index in [1.807, 2.05) is 27.7 Å². The van der Waals surface area contributed by atoms with Gasteiger partial charge in [0, 0.05) is 25.9 Å². The van der Waals surface area contributed by atoms with Crippen LogP contribution < -0.4 is 0 Å². The minimum atomic E-state index is -2.89. The van der Waals surface area contributed by atoms with E-state index < -0.39 is 17.1 Å². The first-order valence-electron chi connectivity index (χ1n) is 15.1. The Kier molecular flexibility index (Phi) is 17.8. The first-order valence-corrected chi connectivity index (χ1v) is 19.4. The first-order chi connectivity index (χ1) is 16.9. The molecule has 0 aromatic rings. The van der Waals surface area contributed by atoms with Crippen LogP contribution >= 0.6 is 0 Å². The van der Waals surface area contributed by atoms with Crippen molar-refractivity contribution in [1.82, 2.24) is 0 Å². The van der Waals surface area contributed by atoms with Gasteiger partial charge >= 0.3 is 8.80 Å². The highest BCUT2D eigenvalue weighted by atomic mass is 28.4. The minimum Gasteiger partial charge on any atom is -0.519 e. The Balaban J connectivity index is 3.09. The van der Waals surface area contributed by atoms with E-state index in [0.717, 1.165) is 12.1 Å². The average molecular weight is 531 g/mol. The lowest BCUT2D eigenvalue weighted by atomic mass is 10.0. The smallest absolute Gasteiger partial charge is 0.501 e. The van der Waals surface area contributed by atoms with Crippen molar-refractivity contribution < 1.29 is 22.5 Å². The van der Waals surface area contributed by atoms with Gasteiger partial charge in [0.1, 0.15) is 0 Å². The maximum atomic E-state index is 13.7. The van der Waals surface area contributed by atoms with Crippen molar-refractivity contribution in [1.29, 1.82) is 0 Å². The van der Waals surface area contributed by atoms with Crippen LogP contribution in [0.2, 0.25) is 23.7 Å². The molecule has 0 radical (unpaired) electrons. The normalized spacial score (nSPS) is 16.4. The molecular formula is C28H58O5Si2. The average Bonchev–Trinajstić information content (AvgIpc) is 2.85. The first kappa shape index (κ1) is 32.8. The molecule has 1 fully saturated rings. The highest BCUT2D eigenvalue weighted by molar-refractivity contribution is 6.76. The van der Waals surface area contributed by atoms with Crippen molar-refractivity contribution in [3.63, 3.8) is 0 Å². The molecule has 7 heteroatoms. The summed E-state index contributed by atoms with van der Waals surface area (Å²) in [6.45, 7) is 14.0. The van der Waals surface area contributed by atoms with Crippen LogP contribution in [-0.4, -0.2) is 42.9 Å². The van der Waals surface area contributed by atoms with Crippen LogP contribution in [0.5, 0.6) is 0 Å². The Bertz CT molecular complexity index is 510. The van der Waals surface area contributed by atoms with Crippen LogP contribution in [0.3, 0.4) is 0 Å². The molecule has 35 heavy (non-hydrogen) atoms.